The molecule has 2 nitrogen and oxygen atoms in total. The molecule has 96 valence electrons. The average molecular weight is 260 g/mol. The second kappa shape index (κ2) is 4.92. The van der Waals surface area contributed by atoms with Crippen LogP contribution >= 0.6 is 11.6 Å². The Morgan fingerprint density at radius 3 is 2.35 bits per heavy atom. The van der Waals surface area contributed by atoms with Crippen LogP contribution in [-0.2, 0) is 0 Å². The number of hydrogen-bond donors (Lipinski definition) is 2. The van der Waals surface area contributed by atoms with Crippen LogP contribution in [0.3, 0.4) is 0 Å². The standard InChI is InChI=1S/C13H19ClFNO/c1-7-5-6-8(15)9(10(7)14)11(16)12(17)13(2,3)4/h5-6,11-12,17H,16H2,1-4H3/t11-,12-/m1/s1. The SMILES string of the molecule is Cc1ccc(F)c([C@@H](N)[C@@H](O)C(C)(C)C)c1Cl. The number of aliphatic hydroxyl groups excluding tert-OH is 1. The highest BCUT2D eigenvalue weighted by Crippen LogP contribution is 2.34. The fourth-order valence-electron chi connectivity index (χ4n) is 1.68. The average Bonchev–Trinajstić information content (AvgIpc) is 2.21. The van der Waals surface area contributed by atoms with E-state index in [1.54, 1.807) is 13.0 Å². The van der Waals surface area contributed by atoms with Gasteiger partial charge in [0.2, 0.25) is 0 Å². The molecular formula is C13H19ClFNO. The van der Waals surface area contributed by atoms with Gasteiger partial charge in [0.15, 0.2) is 0 Å². The lowest BCUT2D eigenvalue weighted by molar-refractivity contribution is 0.0392. The third-order valence-electron chi connectivity index (χ3n) is 2.88. The van der Waals surface area contributed by atoms with E-state index in [0.29, 0.717) is 5.02 Å². The first-order valence-electron chi connectivity index (χ1n) is 5.54. The molecule has 0 saturated heterocycles. The molecule has 0 heterocycles. The lowest BCUT2D eigenvalue weighted by Crippen LogP contribution is -2.37. The van der Waals surface area contributed by atoms with Gasteiger partial charge >= 0.3 is 0 Å². The van der Waals surface area contributed by atoms with Gasteiger partial charge in [-0.2, -0.15) is 0 Å². The third-order valence-corrected chi connectivity index (χ3v) is 3.38. The van der Waals surface area contributed by atoms with Gasteiger partial charge in [-0.15, -0.1) is 0 Å². The van der Waals surface area contributed by atoms with Gasteiger partial charge in [-0.05, 0) is 24.0 Å². The molecule has 0 aromatic heterocycles. The maximum absolute atomic E-state index is 13.8. The van der Waals surface area contributed by atoms with Crippen LogP contribution in [0.15, 0.2) is 12.1 Å². The van der Waals surface area contributed by atoms with Crippen LogP contribution in [0.1, 0.15) is 37.9 Å². The second-order valence-electron chi connectivity index (χ2n) is 5.43. The summed E-state index contributed by atoms with van der Waals surface area (Å²) in [4.78, 5) is 0. The quantitative estimate of drug-likeness (QED) is 0.857. The zero-order valence-electron chi connectivity index (χ0n) is 10.6. The molecule has 2 atom stereocenters. The number of aryl methyl sites for hydroxylation is 1. The molecule has 0 spiro atoms. The van der Waals surface area contributed by atoms with Crippen molar-refractivity contribution in [2.24, 2.45) is 11.1 Å². The number of aliphatic hydroxyl groups is 1. The minimum Gasteiger partial charge on any atom is -0.391 e. The highest BCUT2D eigenvalue weighted by Gasteiger charge is 2.32. The molecule has 4 heteroatoms. The van der Waals surface area contributed by atoms with Crippen molar-refractivity contribution in [1.29, 1.82) is 0 Å². The van der Waals surface area contributed by atoms with Crippen LogP contribution in [0.25, 0.3) is 0 Å². The van der Waals surface area contributed by atoms with Gasteiger partial charge in [-0.3, -0.25) is 0 Å². The van der Waals surface area contributed by atoms with E-state index < -0.39 is 23.4 Å². The maximum atomic E-state index is 13.8. The van der Waals surface area contributed by atoms with Gasteiger partial charge in [0.05, 0.1) is 17.2 Å². The second-order valence-corrected chi connectivity index (χ2v) is 5.81. The van der Waals surface area contributed by atoms with Crippen molar-refractivity contribution in [3.8, 4) is 0 Å². The Morgan fingerprint density at radius 2 is 1.88 bits per heavy atom. The van der Waals surface area contributed by atoms with Crippen LogP contribution in [0.2, 0.25) is 5.02 Å². The summed E-state index contributed by atoms with van der Waals surface area (Å²) in [5.74, 6) is -0.476. The Hall–Kier alpha value is -0.640. The number of hydrogen-bond acceptors (Lipinski definition) is 2. The summed E-state index contributed by atoms with van der Waals surface area (Å²) in [5, 5.41) is 10.4. The summed E-state index contributed by atoms with van der Waals surface area (Å²) in [6.45, 7) is 7.32. The molecule has 0 fully saturated rings. The Balaban J connectivity index is 3.21. The lowest BCUT2D eigenvalue weighted by Gasteiger charge is -2.31. The van der Waals surface area contributed by atoms with Gasteiger partial charge in [-0.25, -0.2) is 4.39 Å². The van der Waals surface area contributed by atoms with E-state index in [4.69, 9.17) is 17.3 Å². The fraction of sp³-hybridized carbons (Fsp3) is 0.538. The minimum atomic E-state index is -0.865. The number of halogens is 2. The summed E-state index contributed by atoms with van der Waals surface area (Å²) in [6.07, 6.45) is -0.865. The van der Waals surface area contributed by atoms with Crippen molar-refractivity contribution in [3.63, 3.8) is 0 Å². The Morgan fingerprint density at radius 1 is 1.35 bits per heavy atom. The normalized spacial score (nSPS) is 15.8. The van der Waals surface area contributed by atoms with E-state index in [1.165, 1.54) is 6.07 Å². The van der Waals surface area contributed by atoms with E-state index >= 15 is 0 Å². The summed E-state index contributed by atoms with van der Waals surface area (Å²) < 4.78 is 13.8. The van der Waals surface area contributed by atoms with Gasteiger partial charge in [0, 0.05) is 5.56 Å². The number of benzene rings is 1. The predicted molar refractivity (Wildman–Crippen MR) is 68.5 cm³/mol. The van der Waals surface area contributed by atoms with E-state index in [2.05, 4.69) is 0 Å². The Labute approximate surface area is 107 Å². The molecular weight excluding hydrogens is 241 g/mol. The molecule has 17 heavy (non-hydrogen) atoms. The molecule has 0 bridgehead atoms. The molecule has 0 aliphatic heterocycles. The number of rotatable bonds is 2. The van der Waals surface area contributed by atoms with Crippen molar-refractivity contribution in [2.75, 3.05) is 0 Å². The molecule has 0 aliphatic carbocycles. The summed E-state index contributed by atoms with van der Waals surface area (Å²) in [7, 11) is 0. The van der Waals surface area contributed by atoms with Crippen molar-refractivity contribution >= 4 is 11.6 Å². The molecule has 0 saturated carbocycles. The zero-order valence-corrected chi connectivity index (χ0v) is 11.3. The van der Waals surface area contributed by atoms with E-state index in [-0.39, 0.29) is 5.56 Å². The number of nitrogens with two attached hydrogens (primary N) is 1. The Kier molecular flexibility index (Phi) is 4.18. The smallest absolute Gasteiger partial charge is 0.129 e. The predicted octanol–water partition coefficient (Wildman–Crippen LogP) is 3.19. The van der Waals surface area contributed by atoms with Gasteiger partial charge in [0.1, 0.15) is 5.82 Å². The summed E-state index contributed by atoms with van der Waals surface area (Å²) >= 11 is 6.06. The summed E-state index contributed by atoms with van der Waals surface area (Å²) in [5.41, 5.74) is 6.43. The largest absolute Gasteiger partial charge is 0.391 e. The highest BCUT2D eigenvalue weighted by atomic mass is 35.5. The van der Waals surface area contributed by atoms with Gasteiger partial charge in [-0.1, -0.05) is 38.4 Å². The molecule has 0 radical (unpaired) electrons. The van der Waals surface area contributed by atoms with Crippen LogP contribution < -0.4 is 5.73 Å². The molecule has 1 aromatic carbocycles. The van der Waals surface area contributed by atoms with Crippen molar-refractivity contribution in [3.05, 3.63) is 34.1 Å². The monoisotopic (exact) mass is 259 g/mol. The van der Waals surface area contributed by atoms with Crippen LogP contribution in [0, 0.1) is 18.2 Å². The molecule has 1 rings (SSSR count). The first-order valence-corrected chi connectivity index (χ1v) is 5.92. The molecule has 0 aliphatic rings. The molecule has 1 aromatic rings. The lowest BCUT2D eigenvalue weighted by atomic mass is 9.82. The van der Waals surface area contributed by atoms with Gasteiger partial charge in [0.25, 0.3) is 0 Å². The molecule has 3 N–H and O–H groups in total. The van der Waals surface area contributed by atoms with E-state index in [9.17, 15) is 9.50 Å². The van der Waals surface area contributed by atoms with Crippen LogP contribution in [0.4, 0.5) is 4.39 Å². The minimum absolute atomic E-state index is 0.189. The van der Waals surface area contributed by atoms with Crippen molar-refractivity contribution < 1.29 is 9.50 Å². The summed E-state index contributed by atoms with van der Waals surface area (Å²) in [6, 6.07) is 2.09. The van der Waals surface area contributed by atoms with Crippen LogP contribution in [0.5, 0.6) is 0 Å². The van der Waals surface area contributed by atoms with Crippen LogP contribution in [-0.4, -0.2) is 11.2 Å². The first-order chi connectivity index (χ1) is 7.66. The van der Waals surface area contributed by atoms with E-state index in [0.717, 1.165) is 5.56 Å². The maximum Gasteiger partial charge on any atom is 0.129 e. The topological polar surface area (TPSA) is 46.2 Å². The third kappa shape index (κ3) is 2.97. The van der Waals surface area contributed by atoms with E-state index in [1.807, 2.05) is 20.8 Å². The van der Waals surface area contributed by atoms with Crippen molar-refractivity contribution in [2.45, 2.75) is 39.8 Å². The fourth-order valence-corrected chi connectivity index (χ4v) is 1.96. The molecule has 0 amide bonds. The van der Waals surface area contributed by atoms with Gasteiger partial charge < -0.3 is 10.8 Å². The highest BCUT2D eigenvalue weighted by molar-refractivity contribution is 6.32. The zero-order chi connectivity index (χ0) is 13.4. The Bertz CT molecular complexity index is 415. The first kappa shape index (κ1) is 14.4. The molecule has 0 unspecified atom stereocenters. The van der Waals surface area contributed by atoms with Crippen molar-refractivity contribution in [1.82, 2.24) is 0 Å².